The smallest absolute Gasteiger partial charge is 0.364 e. The van der Waals surface area contributed by atoms with Crippen LogP contribution in [0.15, 0.2) is 12.2 Å². The molecule has 37 heavy (non-hydrogen) atoms. The lowest BCUT2D eigenvalue weighted by Gasteiger charge is -2.36. The Balaban J connectivity index is 3.90. The highest BCUT2D eigenvalue weighted by Crippen LogP contribution is 2.17. The van der Waals surface area contributed by atoms with E-state index in [0.717, 1.165) is 19.3 Å². The van der Waals surface area contributed by atoms with Gasteiger partial charge in [-0.1, -0.05) is 103 Å². The summed E-state index contributed by atoms with van der Waals surface area (Å²) in [5, 5.41) is 22.3. The highest BCUT2D eigenvalue weighted by Gasteiger charge is 2.39. The lowest BCUT2D eigenvalue weighted by molar-refractivity contribution is -0.888. The second-order valence-electron chi connectivity index (χ2n) is 11.7. The van der Waals surface area contributed by atoms with Gasteiger partial charge in [0.1, 0.15) is 0 Å². The van der Waals surface area contributed by atoms with E-state index < -0.39 is 24.0 Å². The van der Waals surface area contributed by atoms with Gasteiger partial charge >= 0.3 is 5.97 Å². The van der Waals surface area contributed by atoms with Gasteiger partial charge in [-0.15, -0.1) is 0 Å². The molecule has 0 fully saturated rings. The highest BCUT2D eigenvalue weighted by molar-refractivity contribution is 5.81. The zero-order chi connectivity index (χ0) is 27.9. The molecule has 0 aliphatic rings. The molecule has 0 aliphatic heterocycles. The molecule has 0 aromatic heterocycles. The lowest BCUT2D eigenvalue weighted by Crippen LogP contribution is -2.61. The summed E-state index contributed by atoms with van der Waals surface area (Å²) < 4.78 is 0.230. The van der Waals surface area contributed by atoms with Crippen LogP contribution in [0.5, 0.6) is 0 Å². The van der Waals surface area contributed by atoms with Crippen LogP contribution in [0.1, 0.15) is 129 Å². The van der Waals surface area contributed by atoms with Crippen molar-refractivity contribution in [3.63, 3.8) is 0 Å². The third-order valence-electron chi connectivity index (χ3n) is 7.39. The number of likely N-dealkylation sites (N-methyl/N-ethyl adjacent to an activating group) is 1. The molecule has 0 saturated carbocycles. The molecule has 0 rings (SSSR count). The van der Waals surface area contributed by atoms with Crippen LogP contribution >= 0.6 is 0 Å². The van der Waals surface area contributed by atoms with Gasteiger partial charge in [0.05, 0.1) is 39.7 Å². The number of hydrogen-bond donors (Lipinski definition) is 3. The Hall–Kier alpha value is -1.40. The number of quaternary nitrogens is 1. The maximum absolute atomic E-state index is 12.7. The molecule has 0 aliphatic carbocycles. The average molecular weight is 526 g/mol. The van der Waals surface area contributed by atoms with Crippen LogP contribution in [0.25, 0.3) is 0 Å². The highest BCUT2D eigenvalue weighted by atomic mass is 16.4. The Morgan fingerprint density at radius 2 is 1.22 bits per heavy atom. The minimum absolute atomic E-state index is 0.197. The third-order valence-corrected chi connectivity index (χ3v) is 7.39. The number of aliphatic hydroxyl groups is 1. The molecule has 6 heteroatoms. The van der Waals surface area contributed by atoms with Gasteiger partial charge in [0.25, 0.3) is 0 Å². The van der Waals surface area contributed by atoms with E-state index in [1.807, 2.05) is 28.1 Å². The predicted octanol–water partition coefficient (Wildman–Crippen LogP) is 6.86. The summed E-state index contributed by atoms with van der Waals surface area (Å²) in [6, 6.07) is -1.19. The van der Waals surface area contributed by atoms with Crippen LogP contribution in [0, 0.1) is 5.92 Å². The summed E-state index contributed by atoms with van der Waals surface area (Å²) in [5.74, 6) is -1.61. The monoisotopic (exact) mass is 525 g/mol. The number of carboxylic acid groups (broad SMARTS) is 1. The molecular weight excluding hydrogens is 464 g/mol. The van der Waals surface area contributed by atoms with Crippen molar-refractivity contribution in [1.82, 2.24) is 5.32 Å². The van der Waals surface area contributed by atoms with Gasteiger partial charge in [-0.3, -0.25) is 4.79 Å². The first kappa shape index (κ1) is 35.6. The molecule has 0 aromatic carbocycles. The van der Waals surface area contributed by atoms with E-state index in [1.165, 1.54) is 83.5 Å². The second kappa shape index (κ2) is 22.6. The largest absolute Gasteiger partial charge is 0.477 e. The third kappa shape index (κ3) is 18.5. The molecule has 218 valence electrons. The average Bonchev–Trinajstić information content (AvgIpc) is 2.83. The molecule has 3 N–H and O–H groups in total. The van der Waals surface area contributed by atoms with Crippen molar-refractivity contribution in [1.29, 1.82) is 0 Å². The van der Waals surface area contributed by atoms with E-state index in [9.17, 15) is 19.8 Å². The Morgan fingerprint density at radius 1 is 0.757 bits per heavy atom. The number of nitrogens with zero attached hydrogens (tertiary/aromatic N) is 1. The van der Waals surface area contributed by atoms with Crippen molar-refractivity contribution < 1.29 is 24.3 Å². The van der Waals surface area contributed by atoms with Crippen molar-refractivity contribution in [3.8, 4) is 0 Å². The van der Waals surface area contributed by atoms with Gasteiger partial charge in [0.15, 0.2) is 0 Å². The molecule has 0 bridgehead atoms. The minimum atomic E-state index is -0.917. The van der Waals surface area contributed by atoms with E-state index in [2.05, 4.69) is 24.4 Å². The molecule has 0 saturated heterocycles. The van der Waals surface area contributed by atoms with Crippen molar-refractivity contribution in [2.45, 2.75) is 142 Å². The summed E-state index contributed by atoms with van der Waals surface area (Å²) in [6.45, 7) is 3.95. The Bertz CT molecular complexity index is 601. The van der Waals surface area contributed by atoms with E-state index in [4.69, 9.17) is 0 Å². The zero-order valence-corrected chi connectivity index (χ0v) is 25.0. The molecule has 0 spiro atoms. The van der Waals surface area contributed by atoms with Crippen LogP contribution in [0.4, 0.5) is 0 Å². The van der Waals surface area contributed by atoms with Crippen LogP contribution in [0.2, 0.25) is 0 Å². The van der Waals surface area contributed by atoms with Crippen LogP contribution in [-0.2, 0) is 9.59 Å². The Kier molecular flexibility index (Phi) is 21.7. The quantitative estimate of drug-likeness (QED) is 0.0690. The second-order valence-corrected chi connectivity index (χ2v) is 11.7. The maximum Gasteiger partial charge on any atom is 0.364 e. The SMILES string of the molecule is CCCCCCCC/C=C\CCCCCCCCCCC(CO)C(=O)NC(CC)C(C(=O)O)[N+](C)(C)C. The molecule has 1 amide bonds. The van der Waals surface area contributed by atoms with Crippen molar-refractivity contribution in [2.24, 2.45) is 5.92 Å². The number of unbranched alkanes of at least 4 members (excludes halogenated alkanes) is 14. The number of carbonyl (C=O) groups is 2. The van der Waals surface area contributed by atoms with E-state index in [0.29, 0.717) is 12.8 Å². The van der Waals surface area contributed by atoms with Gasteiger partial charge in [0, 0.05) is 0 Å². The number of carbonyl (C=O) groups excluding carboxylic acids is 1. The number of hydrogen-bond acceptors (Lipinski definition) is 3. The van der Waals surface area contributed by atoms with E-state index in [-0.39, 0.29) is 17.0 Å². The van der Waals surface area contributed by atoms with Gasteiger partial charge in [0.2, 0.25) is 11.9 Å². The standard InChI is InChI=1S/C31H60N2O4/c1-6-8-9-10-11-12-13-14-15-16-17-18-19-20-21-22-23-24-25-27(26-34)30(35)32-28(7-2)29(31(36)37)33(3,4)5/h14-15,27-29,34H,6-13,16-26H2,1-5H3,(H-,32,35,36,37)/p+1/b15-14-. The van der Waals surface area contributed by atoms with Crippen LogP contribution < -0.4 is 5.32 Å². The fourth-order valence-electron chi connectivity index (χ4n) is 5.05. The molecule has 6 nitrogen and oxygen atoms in total. The van der Waals surface area contributed by atoms with Crippen molar-refractivity contribution >= 4 is 11.9 Å². The lowest BCUT2D eigenvalue weighted by atomic mass is 9.97. The first-order valence-corrected chi connectivity index (χ1v) is 15.3. The minimum Gasteiger partial charge on any atom is -0.477 e. The number of nitrogens with one attached hydrogen (secondary N) is 1. The fourth-order valence-corrected chi connectivity index (χ4v) is 5.05. The number of amides is 1. The van der Waals surface area contributed by atoms with Crippen LogP contribution in [-0.4, -0.2) is 66.4 Å². The summed E-state index contributed by atoms with van der Waals surface area (Å²) in [7, 11) is 5.48. The van der Waals surface area contributed by atoms with Crippen LogP contribution in [0.3, 0.4) is 0 Å². The summed E-state index contributed by atoms with van der Waals surface area (Å²) in [6.07, 6.45) is 26.1. The number of carboxylic acids is 1. The number of allylic oxidation sites excluding steroid dienone is 2. The molecule has 0 heterocycles. The van der Waals surface area contributed by atoms with Crippen molar-refractivity contribution in [2.75, 3.05) is 27.7 Å². The van der Waals surface area contributed by atoms with Gasteiger partial charge in [-0.05, 0) is 38.5 Å². The zero-order valence-electron chi connectivity index (χ0n) is 25.0. The van der Waals surface area contributed by atoms with Gasteiger partial charge in [-0.25, -0.2) is 4.79 Å². The topological polar surface area (TPSA) is 86.6 Å². The normalized spacial score (nSPS) is 14.5. The Morgan fingerprint density at radius 3 is 1.62 bits per heavy atom. The summed E-state index contributed by atoms with van der Waals surface area (Å²) in [5.41, 5.74) is 0. The predicted molar refractivity (Wildman–Crippen MR) is 156 cm³/mol. The maximum atomic E-state index is 12.7. The summed E-state index contributed by atoms with van der Waals surface area (Å²) in [4.78, 5) is 24.5. The van der Waals surface area contributed by atoms with Crippen molar-refractivity contribution in [3.05, 3.63) is 12.2 Å². The molecule has 0 aromatic rings. The number of aliphatic carboxylic acids is 1. The Labute approximate surface area is 228 Å². The molecule has 0 radical (unpaired) electrons. The van der Waals surface area contributed by atoms with E-state index >= 15 is 0 Å². The fraction of sp³-hybridized carbons (Fsp3) is 0.871. The number of rotatable bonds is 25. The molecular formula is C31H61N2O4+. The first-order chi connectivity index (χ1) is 17.7. The van der Waals surface area contributed by atoms with Gasteiger partial charge < -0.3 is 20.0 Å². The summed E-state index contributed by atoms with van der Waals surface area (Å²) >= 11 is 0. The molecule has 3 unspecified atom stereocenters. The first-order valence-electron chi connectivity index (χ1n) is 15.3. The van der Waals surface area contributed by atoms with Gasteiger partial charge in [-0.2, -0.15) is 0 Å². The molecule has 3 atom stereocenters. The number of aliphatic hydroxyl groups excluding tert-OH is 1. The van der Waals surface area contributed by atoms with E-state index in [1.54, 1.807) is 0 Å².